The Kier molecular flexibility index (Phi) is 8.56. The number of amides is 1. The van der Waals surface area contributed by atoms with Gasteiger partial charge in [-0.3, -0.25) is 13.9 Å². The summed E-state index contributed by atoms with van der Waals surface area (Å²) in [5.41, 5.74) is 1.44. The summed E-state index contributed by atoms with van der Waals surface area (Å²) in [7, 11) is -3.93. The van der Waals surface area contributed by atoms with Gasteiger partial charge in [0.25, 0.3) is 5.91 Å². The van der Waals surface area contributed by atoms with Crippen LogP contribution in [0.1, 0.15) is 21.1 Å². The average molecular weight is 567 g/mol. The minimum Gasteiger partial charge on any atom is -0.354 e. The molecule has 0 atom stereocenters. The maximum atomic E-state index is 12.7. The van der Waals surface area contributed by atoms with Gasteiger partial charge in [0.15, 0.2) is 5.13 Å². The third-order valence-electron chi connectivity index (χ3n) is 5.60. The Bertz CT molecular complexity index is 1360. The lowest BCUT2D eigenvalue weighted by Crippen LogP contribution is -2.47. The number of rotatable bonds is 9. The molecule has 1 amide bonds. The Hall–Kier alpha value is -2.88. The lowest BCUT2D eigenvalue weighted by atomic mass is 10.2. The maximum Gasteiger partial charge on any atom is 0.333 e. The summed E-state index contributed by atoms with van der Waals surface area (Å²) in [6, 6.07) is 7.26. The van der Waals surface area contributed by atoms with E-state index in [-0.39, 0.29) is 12.5 Å². The fourth-order valence-corrected chi connectivity index (χ4v) is 5.07. The van der Waals surface area contributed by atoms with Crippen LogP contribution in [-0.2, 0) is 14.5 Å². The van der Waals surface area contributed by atoms with Crippen LogP contribution in [-0.4, -0.2) is 73.5 Å². The summed E-state index contributed by atoms with van der Waals surface area (Å²) in [5, 5.41) is 11.9. The number of carbonyl (C=O) groups excluding carboxylic acids is 1. The van der Waals surface area contributed by atoms with E-state index in [0.29, 0.717) is 52.0 Å². The number of nitrogens with one attached hydrogen (secondary N) is 2. The van der Waals surface area contributed by atoms with Crippen molar-refractivity contribution in [3.8, 4) is 0 Å². The topological polar surface area (TPSA) is 156 Å². The fourth-order valence-electron chi connectivity index (χ4n) is 3.77. The molecule has 15 heteroatoms. The zero-order valence-electron chi connectivity index (χ0n) is 20.3. The normalized spacial score (nSPS) is 14.5. The van der Waals surface area contributed by atoms with E-state index in [1.54, 1.807) is 6.07 Å². The van der Waals surface area contributed by atoms with Crippen LogP contribution in [0.25, 0.3) is 0 Å². The van der Waals surface area contributed by atoms with Crippen LogP contribution in [0.15, 0.2) is 30.5 Å². The van der Waals surface area contributed by atoms with E-state index < -0.39 is 10.3 Å². The van der Waals surface area contributed by atoms with E-state index >= 15 is 0 Å². The molecule has 0 spiro atoms. The number of carbonyl (C=O) groups is 1. The van der Waals surface area contributed by atoms with Crippen molar-refractivity contribution in [2.45, 2.75) is 13.8 Å². The van der Waals surface area contributed by atoms with Gasteiger partial charge >= 0.3 is 10.3 Å². The molecule has 0 bridgehead atoms. The molecule has 0 saturated carbocycles. The van der Waals surface area contributed by atoms with Crippen molar-refractivity contribution in [3.05, 3.63) is 51.7 Å². The smallest absolute Gasteiger partial charge is 0.333 e. The van der Waals surface area contributed by atoms with E-state index in [9.17, 15) is 13.2 Å². The Labute approximate surface area is 224 Å². The molecule has 12 nitrogen and oxygen atoms in total. The minimum atomic E-state index is -3.93. The van der Waals surface area contributed by atoms with Gasteiger partial charge in [-0.15, -0.1) is 0 Å². The molecule has 0 radical (unpaired) electrons. The van der Waals surface area contributed by atoms with Gasteiger partial charge in [0.2, 0.25) is 0 Å². The van der Waals surface area contributed by atoms with E-state index in [2.05, 4.69) is 39.6 Å². The maximum absolute atomic E-state index is 12.7. The number of aryl methyl sites for hydroxylation is 2. The summed E-state index contributed by atoms with van der Waals surface area (Å²) in [6.07, 6.45) is 1.50. The van der Waals surface area contributed by atoms with Crippen molar-refractivity contribution in [1.29, 1.82) is 0 Å². The molecule has 4 N–H and O–H groups in total. The molecule has 1 saturated heterocycles. The van der Waals surface area contributed by atoms with Crippen molar-refractivity contribution in [2.24, 2.45) is 5.14 Å². The predicted octanol–water partition coefficient (Wildman–Crippen LogP) is 2.54. The second-order valence-corrected chi connectivity index (χ2v) is 11.0. The first kappa shape index (κ1) is 27.2. The molecule has 0 unspecified atom stereocenters. The lowest BCUT2D eigenvalue weighted by molar-refractivity contribution is 0.103. The molecular weight excluding hydrogens is 540 g/mol. The molecule has 0 aliphatic carbocycles. The Morgan fingerprint density at radius 2 is 1.97 bits per heavy atom. The Balaban J connectivity index is 1.36. The molecule has 1 fully saturated rings. The van der Waals surface area contributed by atoms with Crippen LogP contribution in [0, 0.1) is 13.8 Å². The minimum absolute atomic E-state index is 0.0192. The number of nitrogens with two attached hydrogens (primary N) is 1. The standard InChI is InChI=1S/C22H27ClN8O4S2/c1-14-4-3-5-16(23)20(14)29-21(32)17-13-25-22(36-17)28-18-12-19(27-15(2)26-18)31-8-6-30(7-9-31)10-11-35-37(24,33)34/h3-5,12-13H,6-11H2,1-2H3,(H,29,32)(H2,24,33,34)(H,25,26,27,28). The molecule has 1 aliphatic heterocycles. The molecule has 3 aromatic rings. The number of halogens is 1. The average Bonchev–Trinajstić information content (AvgIpc) is 3.29. The van der Waals surface area contributed by atoms with Gasteiger partial charge in [0, 0.05) is 38.8 Å². The largest absolute Gasteiger partial charge is 0.354 e. The van der Waals surface area contributed by atoms with Crippen LogP contribution in [0.5, 0.6) is 0 Å². The monoisotopic (exact) mass is 566 g/mol. The van der Waals surface area contributed by atoms with Gasteiger partial charge in [-0.05, 0) is 25.5 Å². The third-order valence-corrected chi connectivity index (χ3v) is 7.32. The van der Waals surface area contributed by atoms with Crippen LogP contribution in [0.2, 0.25) is 5.02 Å². The second-order valence-electron chi connectivity index (χ2n) is 8.34. The quantitative estimate of drug-likeness (QED) is 0.352. The molecule has 2 aromatic heterocycles. The van der Waals surface area contributed by atoms with Crippen molar-refractivity contribution in [3.63, 3.8) is 0 Å². The number of piperazine rings is 1. The van der Waals surface area contributed by atoms with E-state index in [0.717, 1.165) is 24.5 Å². The van der Waals surface area contributed by atoms with Crippen molar-refractivity contribution < 1.29 is 17.4 Å². The van der Waals surface area contributed by atoms with Gasteiger partial charge in [-0.2, -0.15) is 8.42 Å². The summed E-state index contributed by atoms with van der Waals surface area (Å²) in [5.74, 6) is 1.62. The van der Waals surface area contributed by atoms with Gasteiger partial charge in [-0.1, -0.05) is 35.1 Å². The molecule has 3 heterocycles. The molecule has 1 aliphatic rings. The number of benzene rings is 1. The molecule has 1 aromatic carbocycles. The highest BCUT2D eigenvalue weighted by molar-refractivity contribution is 7.84. The third kappa shape index (κ3) is 7.56. The van der Waals surface area contributed by atoms with Crippen LogP contribution in [0.4, 0.5) is 22.5 Å². The molecule has 4 rings (SSSR count). The van der Waals surface area contributed by atoms with Crippen LogP contribution < -0.4 is 20.7 Å². The zero-order valence-corrected chi connectivity index (χ0v) is 22.7. The number of nitrogens with zero attached hydrogens (tertiary/aromatic N) is 5. The number of anilines is 4. The Morgan fingerprint density at radius 3 is 2.68 bits per heavy atom. The van der Waals surface area contributed by atoms with E-state index in [1.165, 1.54) is 17.5 Å². The first-order valence-electron chi connectivity index (χ1n) is 11.4. The first-order valence-corrected chi connectivity index (χ1v) is 14.0. The van der Waals surface area contributed by atoms with Gasteiger partial charge < -0.3 is 15.5 Å². The lowest BCUT2D eigenvalue weighted by Gasteiger charge is -2.35. The van der Waals surface area contributed by atoms with Crippen molar-refractivity contribution in [2.75, 3.05) is 54.9 Å². The molecule has 37 heavy (non-hydrogen) atoms. The SMILES string of the molecule is Cc1nc(Nc2ncc(C(=O)Nc3c(C)cccc3Cl)s2)cc(N2CCN(CCOS(N)(=O)=O)CC2)n1. The van der Waals surface area contributed by atoms with Crippen molar-refractivity contribution in [1.82, 2.24) is 19.9 Å². The number of para-hydroxylation sites is 1. The predicted molar refractivity (Wildman–Crippen MR) is 144 cm³/mol. The summed E-state index contributed by atoms with van der Waals surface area (Å²) >= 11 is 7.42. The van der Waals surface area contributed by atoms with Crippen LogP contribution >= 0.6 is 22.9 Å². The summed E-state index contributed by atoms with van der Waals surface area (Å²) < 4.78 is 26.5. The highest BCUT2D eigenvalue weighted by atomic mass is 35.5. The fraction of sp³-hybridized carbons (Fsp3) is 0.364. The highest BCUT2D eigenvalue weighted by Crippen LogP contribution is 2.28. The van der Waals surface area contributed by atoms with Crippen LogP contribution in [0.3, 0.4) is 0 Å². The number of hydrogen-bond acceptors (Lipinski definition) is 11. The van der Waals surface area contributed by atoms with Crippen molar-refractivity contribution >= 4 is 61.6 Å². The molecular formula is C22H27ClN8O4S2. The first-order chi connectivity index (χ1) is 17.6. The van der Waals surface area contributed by atoms with Gasteiger partial charge in [0.1, 0.15) is 22.3 Å². The zero-order chi connectivity index (χ0) is 26.6. The molecule has 198 valence electrons. The highest BCUT2D eigenvalue weighted by Gasteiger charge is 2.20. The summed E-state index contributed by atoms with van der Waals surface area (Å²) in [6.45, 7) is 7.01. The Morgan fingerprint density at radius 1 is 1.22 bits per heavy atom. The number of thiazole rings is 1. The second kappa shape index (κ2) is 11.7. The van der Waals surface area contributed by atoms with E-state index in [1.807, 2.05) is 32.0 Å². The van der Waals surface area contributed by atoms with E-state index in [4.69, 9.17) is 16.7 Å². The summed E-state index contributed by atoms with van der Waals surface area (Å²) in [4.78, 5) is 30.7. The van der Waals surface area contributed by atoms with Gasteiger partial charge in [-0.25, -0.2) is 20.1 Å². The van der Waals surface area contributed by atoms with Gasteiger partial charge in [0.05, 0.1) is 23.5 Å². The number of hydrogen-bond donors (Lipinski definition) is 3. The number of aromatic nitrogens is 3.